The van der Waals surface area contributed by atoms with Crippen LogP contribution in [0.2, 0.25) is 0 Å². The van der Waals surface area contributed by atoms with Crippen molar-refractivity contribution in [1.29, 1.82) is 0 Å². The van der Waals surface area contributed by atoms with Gasteiger partial charge in [-0.2, -0.15) is 0 Å². The van der Waals surface area contributed by atoms with E-state index < -0.39 is 0 Å². The monoisotopic (exact) mass is 140 g/mol. The third-order valence-electron chi connectivity index (χ3n) is 1.42. The van der Waals surface area contributed by atoms with E-state index in [1.807, 2.05) is 18.7 Å². The molecule has 0 bridgehead atoms. The SMILES string of the molecule is Cc1cn2c(n1)SCC2. The molecule has 0 atom stereocenters. The maximum absolute atomic E-state index is 4.32. The molecule has 48 valence electrons. The van der Waals surface area contributed by atoms with E-state index in [1.54, 1.807) is 0 Å². The van der Waals surface area contributed by atoms with Crippen molar-refractivity contribution >= 4 is 11.8 Å². The molecule has 0 saturated carbocycles. The van der Waals surface area contributed by atoms with Crippen molar-refractivity contribution in [3.8, 4) is 0 Å². The van der Waals surface area contributed by atoms with Gasteiger partial charge in [0.1, 0.15) is 0 Å². The number of hydrogen-bond acceptors (Lipinski definition) is 2. The molecule has 3 heteroatoms. The summed E-state index contributed by atoms with van der Waals surface area (Å²) in [4.78, 5) is 4.32. The predicted octanol–water partition coefficient (Wildman–Crippen LogP) is 1.30. The molecule has 0 amide bonds. The Morgan fingerprint density at radius 2 is 2.67 bits per heavy atom. The van der Waals surface area contributed by atoms with Crippen LogP contribution in [0.4, 0.5) is 0 Å². The van der Waals surface area contributed by atoms with Gasteiger partial charge in [0.05, 0.1) is 5.69 Å². The lowest BCUT2D eigenvalue weighted by molar-refractivity contribution is 0.719. The van der Waals surface area contributed by atoms with E-state index in [0.29, 0.717) is 0 Å². The molecule has 0 aliphatic carbocycles. The predicted molar refractivity (Wildman–Crippen MR) is 37.7 cm³/mol. The first-order valence-corrected chi connectivity index (χ1v) is 4.01. The van der Waals surface area contributed by atoms with E-state index in [4.69, 9.17) is 0 Å². The van der Waals surface area contributed by atoms with Crippen LogP contribution in [0, 0.1) is 6.92 Å². The first-order valence-electron chi connectivity index (χ1n) is 3.03. The third kappa shape index (κ3) is 0.758. The normalized spacial score (nSPS) is 16.1. The molecule has 2 heterocycles. The van der Waals surface area contributed by atoms with Gasteiger partial charge in [0.2, 0.25) is 0 Å². The summed E-state index contributed by atoms with van der Waals surface area (Å²) in [6.07, 6.45) is 2.11. The minimum absolute atomic E-state index is 1.14. The fourth-order valence-corrected chi connectivity index (χ4v) is 2.02. The molecule has 0 saturated heterocycles. The Morgan fingerprint density at radius 3 is 3.44 bits per heavy atom. The van der Waals surface area contributed by atoms with Crippen LogP contribution in [0.15, 0.2) is 11.4 Å². The van der Waals surface area contributed by atoms with E-state index >= 15 is 0 Å². The molecule has 0 radical (unpaired) electrons. The molecule has 9 heavy (non-hydrogen) atoms. The highest BCUT2D eigenvalue weighted by Crippen LogP contribution is 2.23. The number of aromatic nitrogens is 2. The van der Waals surface area contributed by atoms with Gasteiger partial charge in [-0.15, -0.1) is 0 Å². The van der Waals surface area contributed by atoms with Crippen molar-refractivity contribution < 1.29 is 0 Å². The zero-order valence-electron chi connectivity index (χ0n) is 5.29. The Hall–Kier alpha value is -0.440. The molecule has 2 nitrogen and oxygen atoms in total. The van der Waals surface area contributed by atoms with Gasteiger partial charge in [-0.05, 0) is 6.92 Å². The molecule has 0 fully saturated rings. The Labute approximate surface area is 58.3 Å². The smallest absolute Gasteiger partial charge is 0.168 e. The number of rotatable bonds is 0. The first-order chi connectivity index (χ1) is 4.36. The molecule has 2 rings (SSSR count). The maximum atomic E-state index is 4.32. The molecular formula is C6H8N2S. The lowest BCUT2D eigenvalue weighted by atomic mass is 10.6. The highest BCUT2D eigenvalue weighted by molar-refractivity contribution is 7.99. The lowest BCUT2D eigenvalue weighted by Crippen LogP contribution is -1.88. The van der Waals surface area contributed by atoms with Gasteiger partial charge in [0.25, 0.3) is 0 Å². The van der Waals surface area contributed by atoms with Crippen molar-refractivity contribution in [1.82, 2.24) is 9.55 Å². The zero-order valence-corrected chi connectivity index (χ0v) is 6.11. The fraction of sp³-hybridized carbons (Fsp3) is 0.500. The van der Waals surface area contributed by atoms with Crippen LogP contribution >= 0.6 is 11.8 Å². The second-order valence-electron chi connectivity index (χ2n) is 2.21. The van der Waals surface area contributed by atoms with Gasteiger partial charge in [-0.1, -0.05) is 11.8 Å². The molecule has 1 aliphatic heterocycles. The summed E-state index contributed by atoms with van der Waals surface area (Å²) < 4.78 is 2.21. The number of thioether (sulfide) groups is 1. The van der Waals surface area contributed by atoms with Crippen molar-refractivity contribution in [2.24, 2.45) is 0 Å². The number of fused-ring (bicyclic) bond motifs is 1. The second-order valence-corrected chi connectivity index (χ2v) is 3.27. The Morgan fingerprint density at radius 1 is 1.78 bits per heavy atom. The summed E-state index contributed by atoms with van der Waals surface area (Å²) >= 11 is 1.84. The number of aryl methyl sites for hydroxylation is 2. The average molecular weight is 140 g/mol. The van der Waals surface area contributed by atoms with E-state index in [0.717, 1.165) is 12.2 Å². The van der Waals surface area contributed by atoms with Crippen LogP contribution in [0.5, 0.6) is 0 Å². The van der Waals surface area contributed by atoms with Crippen LogP contribution in [0.3, 0.4) is 0 Å². The maximum Gasteiger partial charge on any atom is 0.168 e. The van der Waals surface area contributed by atoms with Gasteiger partial charge in [-0.3, -0.25) is 0 Å². The summed E-state index contributed by atoms with van der Waals surface area (Å²) in [5, 5.41) is 1.19. The molecule has 1 aromatic heterocycles. The summed E-state index contributed by atoms with van der Waals surface area (Å²) in [5.74, 6) is 1.20. The highest BCUT2D eigenvalue weighted by Gasteiger charge is 2.11. The van der Waals surface area contributed by atoms with Crippen molar-refractivity contribution in [3.05, 3.63) is 11.9 Å². The molecule has 0 N–H and O–H groups in total. The number of imidazole rings is 1. The van der Waals surface area contributed by atoms with Gasteiger partial charge in [0.15, 0.2) is 5.16 Å². The topological polar surface area (TPSA) is 17.8 Å². The van der Waals surface area contributed by atoms with Crippen LogP contribution in [0.25, 0.3) is 0 Å². The zero-order chi connectivity index (χ0) is 6.27. The third-order valence-corrected chi connectivity index (χ3v) is 2.39. The summed E-state index contributed by atoms with van der Waals surface area (Å²) in [5.41, 5.74) is 1.14. The molecular weight excluding hydrogens is 132 g/mol. The van der Waals surface area contributed by atoms with Crippen molar-refractivity contribution in [2.45, 2.75) is 18.6 Å². The van der Waals surface area contributed by atoms with E-state index in [-0.39, 0.29) is 0 Å². The summed E-state index contributed by atoms with van der Waals surface area (Å²) in [6, 6.07) is 0. The van der Waals surface area contributed by atoms with Crippen LogP contribution in [-0.2, 0) is 6.54 Å². The van der Waals surface area contributed by atoms with E-state index in [1.165, 1.54) is 10.9 Å². The molecule has 0 aromatic carbocycles. The van der Waals surface area contributed by atoms with Gasteiger partial charge >= 0.3 is 0 Å². The number of hydrogen-bond donors (Lipinski definition) is 0. The van der Waals surface area contributed by atoms with Crippen molar-refractivity contribution in [3.63, 3.8) is 0 Å². The number of nitrogens with zero attached hydrogens (tertiary/aromatic N) is 2. The second kappa shape index (κ2) is 1.77. The van der Waals surface area contributed by atoms with Gasteiger partial charge < -0.3 is 4.57 Å². The Kier molecular flexibility index (Phi) is 1.05. The van der Waals surface area contributed by atoms with Crippen LogP contribution in [-0.4, -0.2) is 15.3 Å². The standard InChI is InChI=1S/C6H8N2S/c1-5-4-8-2-3-9-6(8)7-5/h4H,2-3H2,1H3. The average Bonchev–Trinajstić information content (AvgIpc) is 2.22. The fourth-order valence-electron chi connectivity index (χ4n) is 1.04. The Balaban J connectivity index is 2.51. The molecule has 0 spiro atoms. The highest BCUT2D eigenvalue weighted by atomic mass is 32.2. The van der Waals surface area contributed by atoms with Crippen LogP contribution < -0.4 is 0 Å². The molecule has 1 aliphatic rings. The van der Waals surface area contributed by atoms with Crippen LogP contribution in [0.1, 0.15) is 5.69 Å². The first kappa shape index (κ1) is 5.35. The van der Waals surface area contributed by atoms with Gasteiger partial charge in [-0.25, -0.2) is 4.98 Å². The largest absolute Gasteiger partial charge is 0.325 e. The quantitative estimate of drug-likeness (QED) is 0.540. The van der Waals surface area contributed by atoms with E-state index in [2.05, 4.69) is 15.7 Å². The molecule has 1 aromatic rings. The summed E-state index contributed by atoms with van der Waals surface area (Å²) in [7, 11) is 0. The lowest BCUT2D eigenvalue weighted by Gasteiger charge is -1.86. The van der Waals surface area contributed by atoms with Gasteiger partial charge in [0, 0.05) is 18.5 Å². The van der Waals surface area contributed by atoms with Crippen molar-refractivity contribution in [2.75, 3.05) is 5.75 Å². The minimum atomic E-state index is 1.14. The molecule has 0 unspecified atom stereocenters. The summed E-state index contributed by atoms with van der Waals surface area (Å²) in [6.45, 7) is 3.17. The van der Waals surface area contributed by atoms with E-state index in [9.17, 15) is 0 Å². The Bertz CT molecular complexity index is 207. The minimum Gasteiger partial charge on any atom is -0.325 e.